The largest absolute Gasteiger partial charge is 0.348 e. The Hall–Kier alpha value is -2.76. The van der Waals surface area contributed by atoms with Crippen molar-refractivity contribution in [2.45, 2.75) is 45.6 Å². The third-order valence-electron chi connectivity index (χ3n) is 4.19. The molecule has 1 atom stereocenters. The molecule has 0 saturated heterocycles. The summed E-state index contributed by atoms with van der Waals surface area (Å²) in [5.41, 5.74) is 2.58. The van der Waals surface area contributed by atoms with E-state index in [1.54, 1.807) is 10.6 Å². The second-order valence-electron chi connectivity index (χ2n) is 6.59. The Morgan fingerprint density at radius 3 is 2.68 bits per heavy atom. The van der Waals surface area contributed by atoms with Crippen molar-refractivity contribution in [1.82, 2.24) is 24.9 Å². The number of rotatable bonds is 6. The van der Waals surface area contributed by atoms with Gasteiger partial charge in [-0.15, -0.1) is 0 Å². The lowest BCUT2D eigenvalue weighted by Gasteiger charge is -2.15. The molecule has 25 heavy (non-hydrogen) atoms. The van der Waals surface area contributed by atoms with Gasteiger partial charge in [-0.1, -0.05) is 44.2 Å². The first-order valence-corrected chi connectivity index (χ1v) is 8.60. The van der Waals surface area contributed by atoms with Crippen LogP contribution in [0.5, 0.6) is 0 Å². The number of aryl methyl sites for hydroxylation is 1. The minimum absolute atomic E-state index is 0.0612. The van der Waals surface area contributed by atoms with Crippen LogP contribution in [0.25, 0.3) is 5.78 Å². The highest BCUT2D eigenvalue weighted by molar-refractivity contribution is 5.93. The Morgan fingerprint density at radius 1 is 1.20 bits per heavy atom. The summed E-state index contributed by atoms with van der Waals surface area (Å²) < 4.78 is 1.68. The van der Waals surface area contributed by atoms with Crippen molar-refractivity contribution in [2.75, 3.05) is 0 Å². The Kier molecular flexibility index (Phi) is 5.07. The molecule has 0 aliphatic rings. The molecule has 130 valence electrons. The highest BCUT2D eigenvalue weighted by atomic mass is 16.1. The minimum atomic E-state index is -0.173. The molecular formula is C19H23N5O. The number of nitrogens with one attached hydrogen (secondary N) is 1. The van der Waals surface area contributed by atoms with Gasteiger partial charge in [-0.2, -0.15) is 10.1 Å². The predicted molar refractivity (Wildman–Crippen MR) is 96.6 cm³/mol. The Morgan fingerprint density at radius 2 is 1.96 bits per heavy atom. The zero-order chi connectivity index (χ0) is 17.8. The smallest absolute Gasteiger partial charge is 0.270 e. The minimum Gasteiger partial charge on any atom is -0.348 e. The van der Waals surface area contributed by atoms with E-state index in [4.69, 9.17) is 0 Å². The fourth-order valence-corrected chi connectivity index (χ4v) is 2.76. The molecule has 0 spiro atoms. The number of amides is 1. The zero-order valence-corrected chi connectivity index (χ0v) is 14.8. The number of aromatic nitrogens is 4. The molecule has 0 saturated carbocycles. The van der Waals surface area contributed by atoms with Crippen LogP contribution in [-0.2, 0) is 6.42 Å². The van der Waals surface area contributed by atoms with Crippen molar-refractivity contribution >= 4 is 11.7 Å². The molecule has 2 heterocycles. The summed E-state index contributed by atoms with van der Waals surface area (Å²) in [4.78, 5) is 21.0. The number of carbonyl (C=O) groups excluding carboxylic acids is 1. The molecule has 3 rings (SSSR count). The normalized spacial score (nSPS) is 12.5. The van der Waals surface area contributed by atoms with Gasteiger partial charge in [-0.25, -0.2) is 9.50 Å². The second-order valence-corrected chi connectivity index (χ2v) is 6.59. The monoisotopic (exact) mass is 337 g/mol. The molecule has 2 aromatic heterocycles. The highest BCUT2D eigenvalue weighted by Gasteiger charge is 2.16. The topological polar surface area (TPSA) is 72.2 Å². The summed E-state index contributed by atoms with van der Waals surface area (Å²) in [5, 5.41) is 7.21. The van der Waals surface area contributed by atoms with E-state index in [1.807, 2.05) is 25.1 Å². The van der Waals surface area contributed by atoms with Crippen LogP contribution in [0.1, 0.15) is 54.9 Å². The summed E-state index contributed by atoms with van der Waals surface area (Å²) in [7, 11) is 0. The van der Waals surface area contributed by atoms with E-state index in [9.17, 15) is 4.79 Å². The first-order chi connectivity index (χ1) is 12.0. The summed E-state index contributed by atoms with van der Waals surface area (Å²) >= 11 is 0. The maximum atomic E-state index is 12.6. The fraction of sp³-hybridized carbons (Fsp3) is 0.368. The van der Waals surface area contributed by atoms with Gasteiger partial charge in [-0.05, 0) is 37.3 Å². The molecule has 1 aromatic carbocycles. The van der Waals surface area contributed by atoms with E-state index in [-0.39, 0.29) is 17.9 Å². The molecule has 0 fully saturated rings. The first kappa shape index (κ1) is 17.1. The van der Waals surface area contributed by atoms with Gasteiger partial charge in [0, 0.05) is 6.04 Å². The Bertz CT molecular complexity index is 857. The quantitative estimate of drug-likeness (QED) is 0.750. The maximum Gasteiger partial charge on any atom is 0.270 e. The summed E-state index contributed by atoms with van der Waals surface area (Å²) in [6.07, 6.45) is 3.26. The Balaban J connectivity index is 1.69. The molecule has 1 amide bonds. The van der Waals surface area contributed by atoms with Crippen LogP contribution in [0.3, 0.4) is 0 Å². The van der Waals surface area contributed by atoms with Crippen LogP contribution < -0.4 is 5.32 Å². The van der Waals surface area contributed by atoms with Gasteiger partial charge in [0.15, 0.2) is 0 Å². The third kappa shape index (κ3) is 4.02. The van der Waals surface area contributed by atoms with Crippen molar-refractivity contribution in [1.29, 1.82) is 0 Å². The van der Waals surface area contributed by atoms with Gasteiger partial charge in [0.1, 0.15) is 12.0 Å². The number of fused-ring (bicyclic) bond motifs is 1. The molecule has 0 bridgehead atoms. The van der Waals surface area contributed by atoms with Crippen molar-refractivity contribution in [3.8, 4) is 0 Å². The Labute approximate surface area is 147 Å². The van der Waals surface area contributed by atoms with Gasteiger partial charge in [0.25, 0.3) is 11.7 Å². The average Bonchev–Trinajstić information content (AvgIpc) is 3.08. The van der Waals surface area contributed by atoms with E-state index in [0.29, 0.717) is 11.5 Å². The lowest BCUT2D eigenvalue weighted by atomic mass is 10.1. The highest BCUT2D eigenvalue weighted by Crippen LogP contribution is 2.16. The third-order valence-corrected chi connectivity index (χ3v) is 4.19. The van der Waals surface area contributed by atoms with E-state index in [1.165, 1.54) is 11.9 Å². The number of hydrogen-bond donors (Lipinski definition) is 1. The van der Waals surface area contributed by atoms with Gasteiger partial charge < -0.3 is 5.32 Å². The molecule has 6 heteroatoms. The number of hydrogen-bond acceptors (Lipinski definition) is 4. The van der Waals surface area contributed by atoms with Crippen LogP contribution >= 0.6 is 0 Å². The molecule has 1 N–H and O–H groups in total. The average molecular weight is 337 g/mol. The SMILES string of the molecule is CC(C)c1cc(C(=O)N[C@@H](C)CCc2ccccc2)nc2ncnn12. The van der Waals surface area contributed by atoms with Crippen LogP contribution in [0.2, 0.25) is 0 Å². The first-order valence-electron chi connectivity index (χ1n) is 8.60. The van der Waals surface area contributed by atoms with Crippen LogP contribution in [0, 0.1) is 0 Å². The molecular weight excluding hydrogens is 314 g/mol. The van der Waals surface area contributed by atoms with Crippen LogP contribution in [0.15, 0.2) is 42.7 Å². The van der Waals surface area contributed by atoms with Crippen molar-refractivity contribution in [3.05, 3.63) is 59.7 Å². The summed E-state index contributed by atoms with van der Waals surface area (Å²) in [5.74, 6) is 0.496. The summed E-state index contributed by atoms with van der Waals surface area (Å²) in [6.45, 7) is 6.13. The van der Waals surface area contributed by atoms with Crippen molar-refractivity contribution in [3.63, 3.8) is 0 Å². The van der Waals surface area contributed by atoms with Crippen molar-refractivity contribution < 1.29 is 4.79 Å². The second kappa shape index (κ2) is 7.42. The molecule has 6 nitrogen and oxygen atoms in total. The van der Waals surface area contributed by atoms with Gasteiger partial charge >= 0.3 is 0 Å². The van der Waals surface area contributed by atoms with Crippen molar-refractivity contribution in [2.24, 2.45) is 0 Å². The van der Waals surface area contributed by atoms with E-state index in [2.05, 4.69) is 46.4 Å². The molecule has 0 unspecified atom stereocenters. The summed E-state index contributed by atoms with van der Waals surface area (Å²) in [6, 6.07) is 12.1. The lowest BCUT2D eigenvalue weighted by molar-refractivity contribution is 0.0933. The molecule has 3 aromatic rings. The van der Waals surface area contributed by atoms with Crippen LogP contribution in [-0.4, -0.2) is 31.5 Å². The number of nitrogens with zero attached hydrogens (tertiary/aromatic N) is 4. The van der Waals surface area contributed by atoms with Gasteiger partial charge in [0.2, 0.25) is 0 Å². The van der Waals surface area contributed by atoms with Gasteiger partial charge in [-0.3, -0.25) is 4.79 Å². The number of carbonyl (C=O) groups is 1. The lowest BCUT2D eigenvalue weighted by Crippen LogP contribution is -2.33. The standard InChI is InChI=1S/C19H23N5O/c1-13(2)17-11-16(23-19-20-12-21-24(17)19)18(25)22-14(3)9-10-15-7-5-4-6-8-15/h4-8,11-14H,9-10H2,1-3H3,(H,22,25)/t14-/m0/s1. The van der Waals surface area contributed by atoms with Gasteiger partial charge in [0.05, 0.1) is 5.69 Å². The number of benzene rings is 1. The zero-order valence-electron chi connectivity index (χ0n) is 14.8. The van der Waals surface area contributed by atoms with E-state index in [0.717, 1.165) is 18.5 Å². The predicted octanol–water partition coefficient (Wildman–Crippen LogP) is 3.00. The van der Waals surface area contributed by atoms with E-state index >= 15 is 0 Å². The van der Waals surface area contributed by atoms with E-state index < -0.39 is 0 Å². The fourth-order valence-electron chi connectivity index (χ4n) is 2.76. The molecule has 0 aliphatic carbocycles. The molecule has 0 aliphatic heterocycles. The molecule has 0 radical (unpaired) electrons. The van der Waals surface area contributed by atoms with Crippen LogP contribution in [0.4, 0.5) is 0 Å². The maximum absolute atomic E-state index is 12.6.